The Kier molecular flexibility index (Phi) is 4.43. The number of esters is 1. The molecular formula is C14H16ClNO3. The van der Waals surface area contributed by atoms with E-state index in [-0.39, 0.29) is 17.8 Å². The predicted molar refractivity (Wildman–Crippen MR) is 71.6 cm³/mol. The topological polar surface area (TPSA) is 55.4 Å². The minimum Gasteiger partial charge on any atom is -0.451 e. The van der Waals surface area contributed by atoms with Crippen molar-refractivity contribution >= 4 is 23.5 Å². The third-order valence-corrected chi connectivity index (χ3v) is 3.40. The van der Waals surface area contributed by atoms with Gasteiger partial charge in [0.25, 0.3) is 5.91 Å². The van der Waals surface area contributed by atoms with E-state index >= 15 is 0 Å². The second-order valence-electron chi connectivity index (χ2n) is 4.60. The molecular weight excluding hydrogens is 266 g/mol. The van der Waals surface area contributed by atoms with Crippen molar-refractivity contribution in [1.29, 1.82) is 0 Å². The maximum absolute atomic E-state index is 11.9. The summed E-state index contributed by atoms with van der Waals surface area (Å²) in [6.07, 6.45) is 0.929. The molecule has 2 rings (SSSR count). The fourth-order valence-electron chi connectivity index (χ4n) is 2.05. The van der Waals surface area contributed by atoms with E-state index in [1.807, 2.05) is 19.1 Å². The van der Waals surface area contributed by atoms with E-state index in [0.29, 0.717) is 18.0 Å². The normalized spacial score (nSPS) is 21.5. The predicted octanol–water partition coefficient (Wildman–Crippen LogP) is 2.30. The van der Waals surface area contributed by atoms with Gasteiger partial charge >= 0.3 is 5.97 Å². The molecule has 1 aromatic rings. The summed E-state index contributed by atoms with van der Waals surface area (Å²) in [6, 6.07) is 7.23. The maximum Gasteiger partial charge on any atom is 0.314 e. The molecule has 1 aromatic carbocycles. The van der Waals surface area contributed by atoms with Gasteiger partial charge in [0.1, 0.15) is 5.92 Å². The summed E-state index contributed by atoms with van der Waals surface area (Å²) in [4.78, 5) is 23.1. The highest BCUT2D eigenvalue weighted by atomic mass is 35.5. The number of cyclic esters (lactones) is 1. The Hall–Kier alpha value is -1.55. The second kappa shape index (κ2) is 6.06. The van der Waals surface area contributed by atoms with Crippen LogP contribution in [-0.4, -0.2) is 18.0 Å². The van der Waals surface area contributed by atoms with Gasteiger partial charge < -0.3 is 10.1 Å². The van der Waals surface area contributed by atoms with Gasteiger partial charge in [0.2, 0.25) is 0 Å². The van der Waals surface area contributed by atoms with Crippen LogP contribution in [0.4, 0.5) is 0 Å². The van der Waals surface area contributed by atoms with Crippen LogP contribution in [0.25, 0.3) is 0 Å². The monoisotopic (exact) mass is 281 g/mol. The molecule has 1 aliphatic rings. The lowest BCUT2D eigenvalue weighted by atomic mass is 9.91. The molecule has 2 atom stereocenters. The van der Waals surface area contributed by atoms with Gasteiger partial charge in [-0.25, -0.2) is 0 Å². The van der Waals surface area contributed by atoms with Crippen molar-refractivity contribution in [2.45, 2.75) is 32.4 Å². The first-order valence-electron chi connectivity index (χ1n) is 6.34. The van der Waals surface area contributed by atoms with Crippen molar-refractivity contribution in [2.75, 3.05) is 0 Å². The lowest BCUT2D eigenvalue weighted by Gasteiger charge is -2.33. The van der Waals surface area contributed by atoms with Gasteiger partial charge in [0.15, 0.2) is 6.10 Å². The van der Waals surface area contributed by atoms with Crippen molar-refractivity contribution < 1.29 is 14.3 Å². The van der Waals surface area contributed by atoms with Crippen LogP contribution in [0.15, 0.2) is 24.3 Å². The Morgan fingerprint density at radius 1 is 1.37 bits per heavy atom. The molecule has 1 saturated heterocycles. The van der Waals surface area contributed by atoms with Crippen LogP contribution in [0.5, 0.6) is 0 Å². The SMILES string of the molecule is CCCC1C(=O)O[C@H]1C(=O)NCc1ccc(Cl)cc1. The summed E-state index contributed by atoms with van der Waals surface area (Å²) in [7, 11) is 0. The van der Waals surface area contributed by atoms with Gasteiger partial charge in [-0.15, -0.1) is 0 Å². The molecule has 0 radical (unpaired) electrons. The highest BCUT2D eigenvalue weighted by Crippen LogP contribution is 2.27. The number of carbonyl (C=O) groups is 2. The van der Waals surface area contributed by atoms with E-state index in [9.17, 15) is 9.59 Å². The zero-order valence-corrected chi connectivity index (χ0v) is 11.4. The highest BCUT2D eigenvalue weighted by Gasteiger charge is 2.46. The molecule has 4 nitrogen and oxygen atoms in total. The molecule has 19 heavy (non-hydrogen) atoms. The minimum atomic E-state index is -0.625. The largest absolute Gasteiger partial charge is 0.451 e. The Morgan fingerprint density at radius 3 is 2.63 bits per heavy atom. The number of halogens is 1. The fraction of sp³-hybridized carbons (Fsp3) is 0.429. The quantitative estimate of drug-likeness (QED) is 0.843. The first-order chi connectivity index (χ1) is 9.11. The van der Waals surface area contributed by atoms with E-state index < -0.39 is 6.10 Å². The maximum atomic E-state index is 11.9. The van der Waals surface area contributed by atoms with E-state index in [1.165, 1.54) is 0 Å². The van der Waals surface area contributed by atoms with Gasteiger partial charge in [-0.2, -0.15) is 0 Å². The van der Waals surface area contributed by atoms with Crippen molar-refractivity contribution in [3.05, 3.63) is 34.9 Å². The molecule has 0 bridgehead atoms. The number of nitrogens with one attached hydrogen (secondary N) is 1. The number of amides is 1. The average Bonchev–Trinajstić information content (AvgIpc) is 2.41. The van der Waals surface area contributed by atoms with Crippen molar-refractivity contribution in [3.8, 4) is 0 Å². The molecule has 5 heteroatoms. The lowest BCUT2D eigenvalue weighted by molar-refractivity contribution is -0.189. The van der Waals surface area contributed by atoms with E-state index in [4.69, 9.17) is 16.3 Å². The fourth-order valence-corrected chi connectivity index (χ4v) is 2.18. The Morgan fingerprint density at radius 2 is 2.05 bits per heavy atom. The van der Waals surface area contributed by atoms with Gasteiger partial charge in [-0.05, 0) is 24.1 Å². The van der Waals surface area contributed by atoms with Crippen molar-refractivity contribution in [2.24, 2.45) is 5.92 Å². The summed E-state index contributed by atoms with van der Waals surface area (Å²) >= 11 is 5.78. The molecule has 0 saturated carbocycles. The number of rotatable bonds is 5. The van der Waals surface area contributed by atoms with Gasteiger partial charge in [0, 0.05) is 11.6 Å². The summed E-state index contributed by atoms with van der Waals surface area (Å²) in [5, 5.41) is 3.43. The first-order valence-corrected chi connectivity index (χ1v) is 6.72. The van der Waals surface area contributed by atoms with E-state index in [2.05, 4.69) is 5.32 Å². The molecule has 102 valence electrons. The molecule has 1 N–H and O–H groups in total. The Balaban J connectivity index is 1.84. The van der Waals surface area contributed by atoms with E-state index in [1.54, 1.807) is 12.1 Å². The van der Waals surface area contributed by atoms with Crippen molar-refractivity contribution in [1.82, 2.24) is 5.32 Å². The summed E-state index contributed by atoms with van der Waals surface area (Å²) < 4.78 is 4.90. The molecule has 1 unspecified atom stereocenters. The summed E-state index contributed by atoms with van der Waals surface area (Å²) in [5.41, 5.74) is 0.954. The molecule has 1 amide bonds. The molecule has 0 spiro atoms. The highest BCUT2D eigenvalue weighted by molar-refractivity contribution is 6.30. The Bertz CT molecular complexity index is 472. The summed E-state index contributed by atoms with van der Waals surface area (Å²) in [6.45, 7) is 2.39. The van der Waals surface area contributed by atoms with Crippen molar-refractivity contribution in [3.63, 3.8) is 0 Å². The molecule has 0 aliphatic carbocycles. The number of benzene rings is 1. The Labute approximate surface area is 117 Å². The molecule has 1 heterocycles. The standard InChI is InChI=1S/C14H16ClNO3/c1-2-3-11-12(19-14(11)18)13(17)16-8-9-4-6-10(15)7-5-9/h4-7,11-12H,2-3,8H2,1H3,(H,16,17)/t11?,12-/m1/s1. The zero-order chi connectivity index (χ0) is 13.8. The number of hydrogen-bond acceptors (Lipinski definition) is 3. The smallest absolute Gasteiger partial charge is 0.314 e. The number of hydrogen-bond donors (Lipinski definition) is 1. The number of ether oxygens (including phenoxy) is 1. The van der Waals surface area contributed by atoms with Crippen LogP contribution in [0.2, 0.25) is 5.02 Å². The minimum absolute atomic E-state index is 0.229. The van der Waals surface area contributed by atoms with E-state index in [0.717, 1.165) is 12.0 Å². The van der Waals surface area contributed by atoms with Gasteiger partial charge in [0.05, 0.1) is 0 Å². The van der Waals surface area contributed by atoms with Gasteiger partial charge in [-0.3, -0.25) is 9.59 Å². The molecule has 1 fully saturated rings. The number of carbonyl (C=O) groups excluding carboxylic acids is 2. The first kappa shape index (κ1) is 13.9. The second-order valence-corrected chi connectivity index (χ2v) is 5.03. The van der Waals surface area contributed by atoms with Gasteiger partial charge in [-0.1, -0.05) is 37.1 Å². The molecule has 1 aliphatic heterocycles. The average molecular weight is 282 g/mol. The zero-order valence-electron chi connectivity index (χ0n) is 10.7. The van der Waals surface area contributed by atoms with Crippen LogP contribution in [0, 0.1) is 5.92 Å². The summed E-state index contributed by atoms with van der Waals surface area (Å²) in [5.74, 6) is -0.781. The third-order valence-electron chi connectivity index (χ3n) is 3.15. The third kappa shape index (κ3) is 3.26. The lowest BCUT2D eigenvalue weighted by Crippen LogP contribution is -2.53. The van der Waals surface area contributed by atoms with Crippen LogP contribution in [-0.2, 0) is 20.9 Å². The molecule has 0 aromatic heterocycles. The van der Waals surface area contributed by atoms with Crippen LogP contribution in [0.1, 0.15) is 25.3 Å². The van der Waals surface area contributed by atoms with Crippen LogP contribution < -0.4 is 5.32 Å². The van der Waals surface area contributed by atoms with Crippen LogP contribution in [0.3, 0.4) is 0 Å². The van der Waals surface area contributed by atoms with Crippen LogP contribution >= 0.6 is 11.6 Å².